The third-order valence-corrected chi connectivity index (χ3v) is 3.60. The van der Waals surface area contributed by atoms with Gasteiger partial charge in [0.05, 0.1) is 18.0 Å². The molecule has 0 bridgehead atoms. The lowest BCUT2D eigenvalue weighted by atomic mass is 9.93. The fourth-order valence-corrected chi connectivity index (χ4v) is 2.74. The summed E-state index contributed by atoms with van der Waals surface area (Å²) in [5, 5.41) is 3.21. The van der Waals surface area contributed by atoms with Crippen LogP contribution in [0.5, 0.6) is 0 Å². The molecule has 112 valence electrons. The Morgan fingerprint density at radius 3 is 3.10 bits per heavy atom. The molecule has 0 amide bonds. The van der Waals surface area contributed by atoms with E-state index in [4.69, 9.17) is 4.74 Å². The van der Waals surface area contributed by atoms with Gasteiger partial charge >= 0.3 is 0 Å². The van der Waals surface area contributed by atoms with Gasteiger partial charge in [0.2, 0.25) is 0 Å². The molecule has 0 spiro atoms. The van der Waals surface area contributed by atoms with Crippen LogP contribution in [0.1, 0.15) is 36.1 Å². The van der Waals surface area contributed by atoms with Crippen LogP contribution in [0.3, 0.4) is 0 Å². The number of hydrogen-bond acceptors (Lipinski definition) is 4. The summed E-state index contributed by atoms with van der Waals surface area (Å²) in [7, 11) is 1.95. The van der Waals surface area contributed by atoms with E-state index < -0.39 is 0 Å². The van der Waals surface area contributed by atoms with Crippen LogP contribution in [-0.4, -0.2) is 33.1 Å². The Morgan fingerprint density at radius 2 is 2.38 bits per heavy atom. The van der Waals surface area contributed by atoms with Crippen molar-refractivity contribution in [2.45, 2.75) is 25.9 Å². The van der Waals surface area contributed by atoms with Crippen molar-refractivity contribution in [1.29, 1.82) is 0 Å². The fourth-order valence-electron chi connectivity index (χ4n) is 2.74. The zero-order valence-electron chi connectivity index (χ0n) is 12.8. The van der Waals surface area contributed by atoms with Crippen molar-refractivity contribution in [1.82, 2.24) is 5.32 Å². The van der Waals surface area contributed by atoms with E-state index in [1.54, 1.807) is 12.4 Å². The molecule has 0 aliphatic carbocycles. The molecule has 21 heavy (non-hydrogen) atoms. The van der Waals surface area contributed by atoms with Gasteiger partial charge in [-0.2, -0.15) is 0 Å². The Kier molecular flexibility index (Phi) is 5.84. The highest BCUT2D eigenvalue weighted by Gasteiger charge is 2.21. The second kappa shape index (κ2) is 7.86. The summed E-state index contributed by atoms with van der Waals surface area (Å²) in [6.07, 6.45) is 5.62. The third kappa shape index (κ3) is 3.65. The van der Waals surface area contributed by atoms with Gasteiger partial charge in [0.25, 0.3) is 0 Å². The first kappa shape index (κ1) is 15.6. The number of nitrogens with one attached hydrogen (secondary N) is 1. The Balaban J connectivity index is 2.51. The molecule has 1 aliphatic heterocycles. The summed E-state index contributed by atoms with van der Waals surface area (Å²) in [5.74, 6) is 0. The van der Waals surface area contributed by atoms with Crippen LogP contribution in [0, 0.1) is 0 Å². The lowest BCUT2D eigenvalue weighted by molar-refractivity contribution is 0.0579. The Bertz CT molecular complexity index is 549. The van der Waals surface area contributed by atoms with Gasteiger partial charge in [0.15, 0.2) is 0 Å². The normalized spacial score (nSPS) is 19.3. The maximum absolute atomic E-state index is 5.97. The van der Waals surface area contributed by atoms with E-state index in [1.807, 2.05) is 14.0 Å². The minimum Gasteiger partial charge on any atom is -0.372 e. The van der Waals surface area contributed by atoms with E-state index in [0.29, 0.717) is 0 Å². The second-order valence-corrected chi connectivity index (χ2v) is 4.98. The first-order valence-corrected chi connectivity index (χ1v) is 7.34. The Morgan fingerprint density at radius 1 is 1.52 bits per heavy atom. The molecule has 1 aromatic rings. The largest absolute Gasteiger partial charge is 0.372 e. The molecule has 0 fully saturated rings. The smallest absolute Gasteiger partial charge is 0.0951 e. The number of ether oxygens (including phenoxy) is 1. The van der Waals surface area contributed by atoms with Gasteiger partial charge in [-0.15, -0.1) is 0 Å². The van der Waals surface area contributed by atoms with Gasteiger partial charge in [-0.3, -0.25) is 9.98 Å². The van der Waals surface area contributed by atoms with Crippen molar-refractivity contribution < 1.29 is 4.74 Å². The van der Waals surface area contributed by atoms with Crippen molar-refractivity contribution in [2.24, 2.45) is 9.98 Å². The van der Waals surface area contributed by atoms with E-state index in [0.717, 1.165) is 37.3 Å². The predicted molar refractivity (Wildman–Crippen MR) is 89.1 cm³/mol. The van der Waals surface area contributed by atoms with Crippen LogP contribution >= 0.6 is 0 Å². The Labute approximate surface area is 126 Å². The third-order valence-electron chi connectivity index (χ3n) is 3.60. The zero-order valence-corrected chi connectivity index (χ0v) is 12.8. The highest BCUT2D eigenvalue weighted by atomic mass is 16.5. The van der Waals surface area contributed by atoms with Crippen molar-refractivity contribution in [2.75, 3.05) is 20.2 Å². The minimum atomic E-state index is 0.0935. The molecule has 1 heterocycles. The summed E-state index contributed by atoms with van der Waals surface area (Å²) < 4.78 is 5.97. The van der Waals surface area contributed by atoms with Crippen LogP contribution in [-0.2, 0) is 11.2 Å². The van der Waals surface area contributed by atoms with Crippen LogP contribution in [0.4, 0.5) is 0 Å². The average Bonchev–Trinajstić information content (AvgIpc) is 2.70. The molecule has 1 aliphatic rings. The lowest BCUT2D eigenvalue weighted by Gasteiger charge is -2.19. The number of nitrogens with zero attached hydrogens (tertiary/aromatic N) is 2. The van der Waals surface area contributed by atoms with Crippen LogP contribution in [0.25, 0.3) is 5.70 Å². The number of benzene rings is 1. The van der Waals surface area contributed by atoms with Gasteiger partial charge in [0, 0.05) is 24.9 Å². The summed E-state index contributed by atoms with van der Waals surface area (Å²) in [6.45, 7) is 7.06. The summed E-state index contributed by atoms with van der Waals surface area (Å²) in [5.41, 5.74) is 4.55. The topological polar surface area (TPSA) is 46.0 Å². The van der Waals surface area contributed by atoms with Gasteiger partial charge in [-0.1, -0.05) is 18.2 Å². The average molecular weight is 285 g/mol. The van der Waals surface area contributed by atoms with Gasteiger partial charge in [-0.05, 0) is 44.7 Å². The van der Waals surface area contributed by atoms with E-state index >= 15 is 0 Å². The fraction of sp³-hybridized carbons (Fsp3) is 0.412. The minimum absolute atomic E-state index is 0.0935. The van der Waals surface area contributed by atoms with Crippen molar-refractivity contribution in [3.63, 3.8) is 0 Å². The molecule has 0 saturated heterocycles. The lowest BCUT2D eigenvalue weighted by Crippen LogP contribution is -2.20. The maximum Gasteiger partial charge on any atom is 0.0951 e. The molecule has 0 aromatic heterocycles. The van der Waals surface area contributed by atoms with E-state index in [1.165, 1.54) is 11.1 Å². The second-order valence-electron chi connectivity index (χ2n) is 4.98. The van der Waals surface area contributed by atoms with Crippen LogP contribution in [0.15, 0.2) is 34.4 Å². The summed E-state index contributed by atoms with van der Waals surface area (Å²) in [6, 6.07) is 6.32. The molecule has 2 rings (SSSR count). The number of fused-ring (bicyclic) bond motifs is 1. The molecular formula is C17H23N3O. The molecule has 4 nitrogen and oxygen atoms in total. The first-order valence-electron chi connectivity index (χ1n) is 7.34. The standard InChI is InChI=1S/C17H23N3O/c1-4-20-16(11-18-2)14-7-5-8-15-13(14)9-6-10-21-17(15)12-19-3/h4-5,7-8,11,17,19H,2,6,9-10,12H2,1,3H3/b16-11-,20-4?/t17-/m0/s1. The van der Waals surface area contributed by atoms with Crippen molar-refractivity contribution >= 4 is 18.6 Å². The molecule has 0 unspecified atom stereocenters. The monoisotopic (exact) mass is 285 g/mol. The van der Waals surface area contributed by atoms with E-state index in [2.05, 4.69) is 40.2 Å². The van der Waals surface area contributed by atoms with Crippen LogP contribution in [0.2, 0.25) is 0 Å². The van der Waals surface area contributed by atoms with E-state index in [-0.39, 0.29) is 6.10 Å². The zero-order chi connectivity index (χ0) is 15.1. The van der Waals surface area contributed by atoms with E-state index in [9.17, 15) is 0 Å². The molecule has 1 aromatic carbocycles. The number of aliphatic imine (C=N–C) groups is 2. The SMILES string of the molecule is C=N/C=C(\N=CC)c1cccc2c1CCCO[C@H]2CNC. The molecule has 0 radical (unpaired) electrons. The molecule has 0 saturated carbocycles. The van der Waals surface area contributed by atoms with Crippen LogP contribution < -0.4 is 5.32 Å². The van der Waals surface area contributed by atoms with Gasteiger partial charge in [-0.25, -0.2) is 0 Å². The number of hydrogen-bond donors (Lipinski definition) is 1. The maximum atomic E-state index is 5.97. The summed E-state index contributed by atoms with van der Waals surface area (Å²) in [4.78, 5) is 8.33. The van der Waals surface area contributed by atoms with Gasteiger partial charge in [0.1, 0.15) is 0 Å². The van der Waals surface area contributed by atoms with Crippen molar-refractivity contribution in [3.05, 3.63) is 41.1 Å². The molecular weight excluding hydrogens is 262 g/mol. The number of likely N-dealkylation sites (N-methyl/N-ethyl adjacent to an activating group) is 1. The highest BCUT2D eigenvalue weighted by molar-refractivity contribution is 5.75. The van der Waals surface area contributed by atoms with Crippen molar-refractivity contribution in [3.8, 4) is 0 Å². The number of rotatable bonds is 5. The Hall–Kier alpha value is -1.78. The first-order chi connectivity index (χ1) is 10.3. The quantitative estimate of drug-likeness (QED) is 0.845. The van der Waals surface area contributed by atoms with Gasteiger partial charge < -0.3 is 10.1 Å². The highest BCUT2D eigenvalue weighted by Crippen LogP contribution is 2.32. The molecule has 1 N–H and O–H groups in total. The molecule has 4 heteroatoms. The molecule has 1 atom stereocenters. The summed E-state index contributed by atoms with van der Waals surface area (Å²) >= 11 is 0. The predicted octanol–water partition coefficient (Wildman–Crippen LogP) is 3.00.